The molecule has 0 aliphatic heterocycles. The number of hydrogen-bond donors (Lipinski definition) is 0. The van der Waals surface area contributed by atoms with Gasteiger partial charge in [0.1, 0.15) is 5.82 Å². The molecule has 0 radical (unpaired) electrons. The van der Waals surface area contributed by atoms with Crippen molar-refractivity contribution in [1.82, 2.24) is 9.97 Å². The summed E-state index contributed by atoms with van der Waals surface area (Å²) in [6, 6.07) is 0. The van der Waals surface area contributed by atoms with Crippen LogP contribution in [-0.4, -0.2) is 9.97 Å². The van der Waals surface area contributed by atoms with E-state index in [-0.39, 0.29) is 0 Å². The number of nitrogens with zero attached hydrogens (tertiary/aromatic N) is 2. The molecule has 0 aromatic carbocycles. The van der Waals surface area contributed by atoms with Crippen LogP contribution < -0.4 is 0 Å². The first-order chi connectivity index (χ1) is 9.33. The highest BCUT2D eigenvalue weighted by atomic mass is 14.9. The van der Waals surface area contributed by atoms with E-state index in [9.17, 15) is 0 Å². The molecule has 19 heavy (non-hydrogen) atoms. The summed E-state index contributed by atoms with van der Waals surface area (Å²) < 4.78 is 0. The fourth-order valence-electron chi connectivity index (χ4n) is 3.72. The van der Waals surface area contributed by atoms with Gasteiger partial charge in [-0.2, -0.15) is 0 Å². The van der Waals surface area contributed by atoms with Gasteiger partial charge in [0.25, 0.3) is 0 Å². The predicted molar refractivity (Wildman–Crippen MR) is 78.2 cm³/mol. The van der Waals surface area contributed by atoms with Gasteiger partial charge in [-0.1, -0.05) is 39.0 Å². The van der Waals surface area contributed by atoms with E-state index in [1.807, 2.05) is 0 Å². The summed E-state index contributed by atoms with van der Waals surface area (Å²) in [6.07, 6.45) is 16.3. The number of rotatable bonds is 2. The van der Waals surface area contributed by atoms with Crippen LogP contribution in [0, 0.1) is 5.92 Å². The summed E-state index contributed by atoms with van der Waals surface area (Å²) in [7, 11) is 0. The molecule has 0 N–H and O–H groups in total. The van der Waals surface area contributed by atoms with Crippen molar-refractivity contribution in [1.29, 1.82) is 0 Å². The van der Waals surface area contributed by atoms with Gasteiger partial charge in [0.2, 0.25) is 0 Å². The standard InChI is InChI=1S/C17H26N2/c1-13-7-9-14(10-8-13)16-11-18-17(19-12-16)15-5-3-2-4-6-15/h11-15H,2-10H2,1H3. The first-order valence-corrected chi connectivity index (χ1v) is 8.15. The molecule has 1 heterocycles. The third-order valence-electron chi connectivity index (χ3n) is 5.15. The van der Waals surface area contributed by atoms with Crippen LogP contribution in [-0.2, 0) is 0 Å². The Morgan fingerprint density at radius 2 is 1.42 bits per heavy atom. The molecular formula is C17H26N2. The van der Waals surface area contributed by atoms with Crippen molar-refractivity contribution < 1.29 is 0 Å². The summed E-state index contributed by atoms with van der Waals surface area (Å²) in [6.45, 7) is 2.37. The van der Waals surface area contributed by atoms with Gasteiger partial charge in [-0.15, -0.1) is 0 Å². The van der Waals surface area contributed by atoms with Crippen molar-refractivity contribution in [2.75, 3.05) is 0 Å². The van der Waals surface area contributed by atoms with Gasteiger partial charge in [-0.3, -0.25) is 0 Å². The quantitative estimate of drug-likeness (QED) is 0.760. The maximum absolute atomic E-state index is 4.69. The van der Waals surface area contributed by atoms with Crippen molar-refractivity contribution in [3.63, 3.8) is 0 Å². The van der Waals surface area contributed by atoms with E-state index in [1.54, 1.807) is 0 Å². The van der Waals surface area contributed by atoms with E-state index in [4.69, 9.17) is 0 Å². The topological polar surface area (TPSA) is 25.8 Å². The molecule has 104 valence electrons. The van der Waals surface area contributed by atoms with Crippen molar-refractivity contribution in [2.24, 2.45) is 5.92 Å². The molecule has 0 bridgehead atoms. The van der Waals surface area contributed by atoms with E-state index in [0.717, 1.165) is 17.7 Å². The Kier molecular flexibility index (Phi) is 4.15. The monoisotopic (exact) mass is 258 g/mol. The van der Waals surface area contributed by atoms with Gasteiger partial charge in [0.15, 0.2) is 0 Å². The van der Waals surface area contributed by atoms with E-state index in [2.05, 4.69) is 29.3 Å². The highest BCUT2D eigenvalue weighted by Crippen LogP contribution is 2.35. The van der Waals surface area contributed by atoms with Crippen LogP contribution in [0.15, 0.2) is 12.4 Å². The Morgan fingerprint density at radius 3 is 2.05 bits per heavy atom. The Balaban J connectivity index is 1.65. The van der Waals surface area contributed by atoms with Crippen LogP contribution in [0.25, 0.3) is 0 Å². The van der Waals surface area contributed by atoms with Gasteiger partial charge in [-0.05, 0) is 43.1 Å². The second-order valence-electron chi connectivity index (χ2n) is 6.67. The van der Waals surface area contributed by atoms with Gasteiger partial charge >= 0.3 is 0 Å². The van der Waals surface area contributed by atoms with Gasteiger partial charge in [-0.25, -0.2) is 9.97 Å². The molecular weight excluding hydrogens is 232 g/mol. The van der Waals surface area contributed by atoms with Crippen molar-refractivity contribution in [3.8, 4) is 0 Å². The van der Waals surface area contributed by atoms with E-state index < -0.39 is 0 Å². The van der Waals surface area contributed by atoms with E-state index >= 15 is 0 Å². The normalized spacial score (nSPS) is 29.3. The van der Waals surface area contributed by atoms with Crippen LogP contribution in [0.5, 0.6) is 0 Å². The lowest BCUT2D eigenvalue weighted by atomic mass is 9.80. The van der Waals surface area contributed by atoms with Crippen LogP contribution in [0.2, 0.25) is 0 Å². The summed E-state index contributed by atoms with van der Waals surface area (Å²) >= 11 is 0. The van der Waals surface area contributed by atoms with Crippen LogP contribution in [0.4, 0.5) is 0 Å². The summed E-state index contributed by atoms with van der Waals surface area (Å²) in [4.78, 5) is 9.37. The van der Waals surface area contributed by atoms with Crippen molar-refractivity contribution in [3.05, 3.63) is 23.8 Å². The minimum Gasteiger partial charge on any atom is -0.241 e. The van der Waals surface area contributed by atoms with Gasteiger partial charge < -0.3 is 0 Å². The van der Waals surface area contributed by atoms with Gasteiger partial charge in [0, 0.05) is 18.3 Å². The molecule has 3 rings (SSSR count). The highest BCUT2D eigenvalue weighted by molar-refractivity contribution is 5.14. The van der Waals surface area contributed by atoms with Crippen molar-refractivity contribution >= 4 is 0 Å². The molecule has 2 saturated carbocycles. The molecule has 1 aromatic heterocycles. The number of hydrogen-bond acceptors (Lipinski definition) is 2. The summed E-state index contributed by atoms with van der Waals surface area (Å²) in [5.41, 5.74) is 1.38. The molecule has 0 saturated heterocycles. The fourth-order valence-corrected chi connectivity index (χ4v) is 3.72. The molecule has 0 amide bonds. The molecule has 0 unspecified atom stereocenters. The van der Waals surface area contributed by atoms with Crippen LogP contribution in [0.3, 0.4) is 0 Å². The second kappa shape index (κ2) is 6.02. The van der Waals surface area contributed by atoms with Gasteiger partial charge in [0.05, 0.1) is 0 Å². The SMILES string of the molecule is CC1CCC(c2cnc(C3CCCCC3)nc2)CC1. The maximum atomic E-state index is 4.69. The molecule has 2 heteroatoms. The lowest BCUT2D eigenvalue weighted by molar-refractivity contribution is 0.346. The average Bonchev–Trinajstić information content (AvgIpc) is 2.49. The predicted octanol–water partition coefficient (Wildman–Crippen LogP) is 4.82. The maximum Gasteiger partial charge on any atom is 0.131 e. The Labute approximate surface area is 117 Å². The average molecular weight is 258 g/mol. The molecule has 2 fully saturated rings. The molecule has 1 aromatic rings. The van der Waals surface area contributed by atoms with E-state index in [0.29, 0.717) is 5.92 Å². The van der Waals surface area contributed by atoms with Crippen LogP contribution >= 0.6 is 0 Å². The Morgan fingerprint density at radius 1 is 0.789 bits per heavy atom. The zero-order valence-electron chi connectivity index (χ0n) is 12.1. The van der Waals surface area contributed by atoms with Crippen molar-refractivity contribution in [2.45, 2.75) is 76.5 Å². The van der Waals surface area contributed by atoms with Crippen LogP contribution in [0.1, 0.15) is 87.9 Å². The Hall–Kier alpha value is -0.920. The summed E-state index contributed by atoms with van der Waals surface area (Å²) in [5, 5.41) is 0. The molecule has 2 aliphatic rings. The molecule has 2 aliphatic carbocycles. The molecule has 2 nitrogen and oxygen atoms in total. The first kappa shape index (κ1) is 13.1. The summed E-state index contributed by atoms with van der Waals surface area (Å²) in [5.74, 6) is 3.37. The lowest BCUT2D eigenvalue weighted by Crippen LogP contribution is -2.13. The molecule has 0 atom stereocenters. The largest absolute Gasteiger partial charge is 0.241 e. The third-order valence-corrected chi connectivity index (χ3v) is 5.15. The molecule has 0 spiro atoms. The zero-order valence-corrected chi connectivity index (χ0v) is 12.1. The minimum absolute atomic E-state index is 0.633. The second-order valence-corrected chi connectivity index (χ2v) is 6.67. The first-order valence-electron chi connectivity index (χ1n) is 8.15. The van der Waals surface area contributed by atoms with E-state index in [1.165, 1.54) is 63.4 Å². The third kappa shape index (κ3) is 3.16. The highest BCUT2D eigenvalue weighted by Gasteiger charge is 2.22. The Bertz CT molecular complexity index is 384. The zero-order chi connectivity index (χ0) is 13.1. The smallest absolute Gasteiger partial charge is 0.131 e. The lowest BCUT2D eigenvalue weighted by Gasteiger charge is -2.26. The fraction of sp³-hybridized carbons (Fsp3) is 0.765. The number of aromatic nitrogens is 2. The minimum atomic E-state index is 0.633.